The lowest BCUT2D eigenvalue weighted by molar-refractivity contribution is 0.853. The van der Waals surface area contributed by atoms with Crippen LogP contribution in [0.2, 0.25) is 0 Å². The molecule has 0 aliphatic carbocycles. The van der Waals surface area contributed by atoms with Gasteiger partial charge in [-0.1, -0.05) is 0 Å². The molecule has 0 amide bonds. The lowest BCUT2D eigenvalue weighted by Crippen LogP contribution is -1.98. The van der Waals surface area contributed by atoms with Crippen molar-refractivity contribution in [2.45, 2.75) is 0 Å². The van der Waals surface area contributed by atoms with Crippen LogP contribution >= 0.6 is 0 Å². The second-order valence-electron chi connectivity index (χ2n) is 1.89. The Kier molecular flexibility index (Phi) is 0.858. The molecular weight excluding hydrogens is 132 g/mol. The average molecular weight is 136 g/mol. The summed E-state index contributed by atoms with van der Waals surface area (Å²) in [5, 5.41) is 9.68. The van der Waals surface area contributed by atoms with Crippen LogP contribution in [-0.2, 0) is 0 Å². The molecule has 0 aromatic carbocycles. The van der Waals surface area contributed by atoms with Gasteiger partial charge in [-0.05, 0) is 0 Å². The van der Waals surface area contributed by atoms with E-state index in [1.54, 1.807) is 0 Å². The topological polar surface area (TPSA) is 63.1 Å². The van der Waals surface area contributed by atoms with Gasteiger partial charge in [-0.2, -0.15) is 5.10 Å². The number of hydrogen-bond donors (Lipinski definition) is 1. The van der Waals surface area contributed by atoms with Gasteiger partial charge < -0.3 is 0 Å². The third-order valence-corrected chi connectivity index (χ3v) is 1.21. The molecule has 2 aromatic rings. The first kappa shape index (κ1) is 5.16. The molecule has 5 nitrogen and oxygen atoms in total. The SMILES string of the molecule is O=c1cc2cnncn2[nH]1. The summed E-state index contributed by atoms with van der Waals surface area (Å²) in [5.74, 6) is 0. The van der Waals surface area contributed by atoms with Crippen LogP contribution in [0.15, 0.2) is 23.4 Å². The molecular formula is C5H4N4O. The molecule has 10 heavy (non-hydrogen) atoms. The number of nitrogens with zero attached hydrogens (tertiary/aromatic N) is 3. The summed E-state index contributed by atoms with van der Waals surface area (Å²) >= 11 is 0. The fourth-order valence-corrected chi connectivity index (χ4v) is 0.788. The van der Waals surface area contributed by atoms with Crippen LogP contribution < -0.4 is 5.56 Å². The van der Waals surface area contributed by atoms with Crippen LogP contribution in [0.5, 0.6) is 0 Å². The molecule has 0 aliphatic heterocycles. The molecule has 0 saturated carbocycles. The van der Waals surface area contributed by atoms with Crippen molar-refractivity contribution in [2.24, 2.45) is 0 Å². The molecule has 0 unspecified atom stereocenters. The Labute approximate surface area is 55.3 Å². The largest absolute Gasteiger partial charge is 0.268 e. The standard InChI is InChI=1S/C5H4N4O/c10-5-1-4-2-6-7-3-9(4)8-5/h1-3H,(H,8,10). The normalized spacial score (nSPS) is 10.4. The highest BCUT2D eigenvalue weighted by Gasteiger charge is 1.92. The number of fused-ring (bicyclic) bond motifs is 1. The summed E-state index contributed by atoms with van der Waals surface area (Å²) < 4.78 is 1.51. The summed E-state index contributed by atoms with van der Waals surface area (Å²) in [4.78, 5) is 10.7. The van der Waals surface area contributed by atoms with E-state index < -0.39 is 0 Å². The van der Waals surface area contributed by atoms with E-state index in [-0.39, 0.29) is 5.56 Å². The van der Waals surface area contributed by atoms with Crippen LogP contribution in [0, 0.1) is 0 Å². The monoisotopic (exact) mass is 136 g/mol. The molecule has 2 aromatic heterocycles. The highest BCUT2D eigenvalue weighted by atomic mass is 16.1. The summed E-state index contributed by atoms with van der Waals surface area (Å²) in [6.07, 6.45) is 2.95. The minimum absolute atomic E-state index is 0.144. The molecule has 0 saturated heterocycles. The minimum Gasteiger partial charge on any atom is -0.268 e. The molecule has 50 valence electrons. The number of H-pyrrole nitrogens is 1. The highest BCUT2D eigenvalue weighted by molar-refractivity contribution is 5.40. The Balaban J connectivity index is 3.01. The van der Waals surface area contributed by atoms with Crippen molar-refractivity contribution in [1.29, 1.82) is 0 Å². The molecule has 0 radical (unpaired) electrons. The van der Waals surface area contributed by atoms with Gasteiger partial charge in [-0.15, -0.1) is 5.10 Å². The molecule has 1 N–H and O–H groups in total. The van der Waals surface area contributed by atoms with Crippen molar-refractivity contribution in [1.82, 2.24) is 19.8 Å². The first-order valence-corrected chi connectivity index (χ1v) is 2.74. The number of nitrogens with one attached hydrogen (secondary N) is 1. The molecule has 0 fully saturated rings. The maximum absolute atomic E-state index is 10.7. The summed E-state index contributed by atoms with van der Waals surface area (Å²) in [6, 6.07) is 1.45. The summed E-state index contributed by atoms with van der Waals surface area (Å²) in [5.41, 5.74) is 0.579. The minimum atomic E-state index is -0.144. The lowest BCUT2D eigenvalue weighted by atomic mass is 10.5. The zero-order valence-electron chi connectivity index (χ0n) is 4.98. The van der Waals surface area contributed by atoms with Crippen molar-refractivity contribution < 1.29 is 0 Å². The van der Waals surface area contributed by atoms with E-state index in [2.05, 4.69) is 15.3 Å². The Morgan fingerprint density at radius 3 is 3.20 bits per heavy atom. The van der Waals surface area contributed by atoms with Gasteiger partial charge in [0.1, 0.15) is 6.33 Å². The average Bonchev–Trinajstić information content (AvgIpc) is 2.27. The second-order valence-corrected chi connectivity index (χ2v) is 1.89. The first-order chi connectivity index (χ1) is 4.86. The van der Waals surface area contributed by atoms with Gasteiger partial charge in [0.25, 0.3) is 5.56 Å². The maximum atomic E-state index is 10.7. The maximum Gasteiger partial charge on any atom is 0.265 e. The molecule has 2 rings (SSSR count). The molecule has 0 bridgehead atoms. The van der Waals surface area contributed by atoms with Crippen LogP contribution in [0.3, 0.4) is 0 Å². The molecule has 0 spiro atoms. The molecule has 5 heteroatoms. The third-order valence-electron chi connectivity index (χ3n) is 1.21. The van der Waals surface area contributed by atoms with E-state index >= 15 is 0 Å². The van der Waals surface area contributed by atoms with Crippen LogP contribution in [0.1, 0.15) is 0 Å². The van der Waals surface area contributed by atoms with Crippen molar-refractivity contribution >= 4 is 5.52 Å². The highest BCUT2D eigenvalue weighted by Crippen LogP contribution is 1.89. The van der Waals surface area contributed by atoms with Gasteiger partial charge in [-0.25, -0.2) is 4.52 Å². The number of aromatic nitrogens is 4. The lowest BCUT2D eigenvalue weighted by Gasteiger charge is -1.85. The van der Waals surface area contributed by atoms with Crippen molar-refractivity contribution in [3.8, 4) is 0 Å². The molecule has 0 aliphatic rings. The quantitative estimate of drug-likeness (QED) is 0.526. The van der Waals surface area contributed by atoms with Crippen LogP contribution in [0.25, 0.3) is 5.52 Å². The molecule has 0 atom stereocenters. The van der Waals surface area contributed by atoms with E-state index in [4.69, 9.17) is 0 Å². The third kappa shape index (κ3) is 0.604. The van der Waals surface area contributed by atoms with Gasteiger partial charge in [0.05, 0.1) is 11.7 Å². The Bertz CT molecular complexity index is 365. The van der Waals surface area contributed by atoms with Gasteiger partial charge in [0.2, 0.25) is 0 Å². The van der Waals surface area contributed by atoms with Crippen molar-refractivity contribution in [3.05, 3.63) is 28.9 Å². The predicted octanol–water partition coefficient (Wildman–Crippen LogP) is -0.582. The molecule has 2 heterocycles. The zero-order chi connectivity index (χ0) is 6.97. The fourth-order valence-electron chi connectivity index (χ4n) is 0.788. The summed E-state index contributed by atoms with van der Waals surface area (Å²) in [7, 11) is 0. The number of aromatic amines is 1. The Morgan fingerprint density at radius 1 is 1.50 bits per heavy atom. The van der Waals surface area contributed by atoms with Crippen molar-refractivity contribution in [3.63, 3.8) is 0 Å². The van der Waals surface area contributed by atoms with Gasteiger partial charge in [0.15, 0.2) is 0 Å². The first-order valence-electron chi connectivity index (χ1n) is 2.74. The zero-order valence-corrected chi connectivity index (χ0v) is 4.98. The summed E-state index contributed by atoms with van der Waals surface area (Å²) in [6.45, 7) is 0. The number of hydrogen-bond acceptors (Lipinski definition) is 3. The van der Waals surface area contributed by atoms with E-state index in [1.807, 2.05) is 0 Å². The fraction of sp³-hybridized carbons (Fsp3) is 0. The van der Waals surface area contributed by atoms with Gasteiger partial charge in [0, 0.05) is 6.07 Å². The smallest absolute Gasteiger partial charge is 0.265 e. The van der Waals surface area contributed by atoms with Crippen LogP contribution in [0.4, 0.5) is 0 Å². The number of rotatable bonds is 0. The Hall–Kier alpha value is -1.65. The predicted molar refractivity (Wildman–Crippen MR) is 33.6 cm³/mol. The second kappa shape index (κ2) is 1.66. The van der Waals surface area contributed by atoms with E-state index in [0.717, 1.165) is 5.52 Å². The van der Waals surface area contributed by atoms with E-state index in [1.165, 1.54) is 23.1 Å². The Morgan fingerprint density at radius 2 is 2.40 bits per heavy atom. The van der Waals surface area contributed by atoms with E-state index in [9.17, 15) is 4.79 Å². The van der Waals surface area contributed by atoms with E-state index in [0.29, 0.717) is 0 Å². The van der Waals surface area contributed by atoms with Gasteiger partial charge in [-0.3, -0.25) is 9.89 Å². The van der Waals surface area contributed by atoms with Crippen LogP contribution in [-0.4, -0.2) is 19.8 Å². The van der Waals surface area contributed by atoms with Crippen molar-refractivity contribution in [2.75, 3.05) is 0 Å². The van der Waals surface area contributed by atoms with Gasteiger partial charge >= 0.3 is 0 Å².